The number of carbonyl (C=O) groups is 2. The molecule has 9 nitrogen and oxygen atoms in total. The van der Waals surface area contributed by atoms with Crippen molar-refractivity contribution in [2.24, 2.45) is 17.6 Å². The van der Waals surface area contributed by atoms with Crippen LogP contribution in [0.3, 0.4) is 0 Å². The molecule has 0 saturated heterocycles. The number of primary amides is 1. The Morgan fingerprint density at radius 2 is 1.90 bits per heavy atom. The van der Waals surface area contributed by atoms with Gasteiger partial charge in [0.25, 0.3) is 5.91 Å². The summed E-state index contributed by atoms with van der Waals surface area (Å²) in [6.45, 7) is 3.97. The number of hydrogen-bond donors (Lipinski definition) is 6. The first-order valence-corrected chi connectivity index (χ1v) is 13.5. The van der Waals surface area contributed by atoms with Crippen molar-refractivity contribution in [1.82, 2.24) is 10.2 Å². The number of amides is 1. The number of likely N-dealkylation sites (N-methyl/N-ethyl adjacent to an activating group) is 1. The molecule has 4 aliphatic carbocycles. The molecule has 2 fully saturated rings. The molecule has 4 aliphatic rings. The molecule has 2 saturated carbocycles. The summed E-state index contributed by atoms with van der Waals surface area (Å²) in [6.07, 6.45) is 5.52. The molecule has 0 heterocycles. The van der Waals surface area contributed by atoms with Crippen LogP contribution in [-0.2, 0) is 22.6 Å². The first kappa shape index (κ1) is 27.4. The van der Waals surface area contributed by atoms with E-state index in [9.17, 15) is 30.0 Å². The third-order valence-electron chi connectivity index (χ3n) is 9.10. The monoisotopic (exact) mass is 541 g/mol. The van der Waals surface area contributed by atoms with E-state index in [1.807, 2.05) is 0 Å². The van der Waals surface area contributed by atoms with Crippen LogP contribution in [-0.4, -0.2) is 68.8 Å². The molecule has 0 aromatic heterocycles. The minimum atomic E-state index is -2.35. The number of ketones is 1. The second-order valence-electron chi connectivity index (χ2n) is 11.6. The van der Waals surface area contributed by atoms with Crippen LogP contribution in [0, 0.1) is 17.7 Å². The number of phenolic OH excluding ortho intramolecular Hbond substituents is 1. The number of nitrogens with zero attached hydrogens (tertiary/aromatic N) is 1. The van der Waals surface area contributed by atoms with Crippen molar-refractivity contribution in [2.45, 2.75) is 69.2 Å². The molecular formula is C29H36FN3O6. The van der Waals surface area contributed by atoms with Gasteiger partial charge in [-0.1, -0.05) is 25.8 Å². The maximum atomic E-state index is 15.9. The summed E-state index contributed by atoms with van der Waals surface area (Å²) in [5.41, 5.74) is 2.41. The van der Waals surface area contributed by atoms with Crippen molar-refractivity contribution in [3.63, 3.8) is 0 Å². The van der Waals surface area contributed by atoms with Gasteiger partial charge in [-0.3, -0.25) is 14.5 Å². The molecular weight excluding hydrogens is 505 g/mol. The Bertz CT molecular complexity index is 1330. The fraction of sp³-hybridized carbons (Fsp3) is 0.517. The smallest absolute Gasteiger partial charge is 0.252 e. The topological polar surface area (TPSA) is 156 Å². The van der Waals surface area contributed by atoms with Gasteiger partial charge >= 0.3 is 0 Å². The first-order valence-electron chi connectivity index (χ1n) is 13.5. The zero-order valence-corrected chi connectivity index (χ0v) is 22.3. The summed E-state index contributed by atoms with van der Waals surface area (Å²) in [5.74, 6) is -5.52. The fourth-order valence-electron chi connectivity index (χ4n) is 7.21. The lowest BCUT2D eigenvalue weighted by atomic mass is 9.56. The summed E-state index contributed by atoms with van der Waals surface area (Å²) in [6, 6.07) is 0.582. The minimum Gasteiger partial charge on any atom is -0.510 e. The molecule has 1 aromatic carbocycles. The molecule has 210 valence electrons. The van der Waals surface area contributed by atoms with Crippen molar-refractivity contribution >= 4 is 17.4 Å². The van der Waals surface area contributed by atoms with Crippen LogP contribution in [0.4, 0.5) is 4.39 Å². The van der Waals surface area contributed by atoms with Crippen molar-refractivity contribution in [3.05, 3.63) is 57.6 Å². The molecule has 5 rings (SSSR count). The standard InChI is InChI=1S/C29H36FN3O6/c1-13-20(28(31)38)26(36)24(33(2)3)18-10-14-9-17-22(25(35)21(14)27(37)29(13,18)39)19(34)11-15(23(17)30)12-32-16-7-5-4-6-8-16/h11,14,16,18,24,32,34-36,39H,1,4-10,12H2,2-3H3,(H2,31,38)/t14-,18-,24-,29-/m0/s1. The zero-order chi connectivity index (χ0) is 28.4. The number of benzene rings is 1. The van der Waals surface area contributed by atoms with Crippen LogP contribution < -0.4 is 11.1 Å². The third-order valence-corrected chi connectivity index (χ3v) is 9.10. The van der Waals surface area contributed by atoms with E-state index in [0.717, 1.165) is 25.7 Å². The normalized spacial score (nSPS) is 29.4. The van der Waals surface area contributed by atoms with Gasteiger partial charge in [-0.25, -0.2) is 4.39 Å². The number of carbonyl (C=O) groups excluding carboxylic acids is 2. The number of Topliss-reactive ketones (excluding diaryl/α,β-unsaturated/α-hetero) is 1. The first-order chi connectivity index (χ1) is 18.4. The average Bonchev–Trinajstić information content (AvgIpc) is 2.87. The molecule has 0 bridgehead atoms. The number of hydrogen-bond acceptors (Lipinski definition) is 8. The summed E-state index contributed by atoms with van der Waals surface area (Å²) in [5, 5.41) is 48.3. The third kappa shape index (κ3) is 4.08. The highest BCUT2D eigenvalue weighted by Gasteiger charge is 2.62. The SMILES string of the molecule is C=C1C(C(N)=O)=C(O)[C@@H](N(C)C)[C@@H]2C[C@@H]3Cc4c(F)c(CNC5CCCCC5)cc(O)c4C(O)=C3C(=O)[C@]12O. The largest absolute Gasteiger partial charge is 0.510 e. The molecule has 39 heavy (non-hydrogen) atoms. The lowest BCUT2D eigenvalue weighted by Gasteiger charge is -2.52. The molecule has 1 amide bonds. The second-order valence-corrected chi connectivity index (χ2v) is 11.6. The highest BCUT2D eigenvalue weighted by atomic mass is 19.1. The number of fused-ring (bicyclic) bond motifs is 3. The van der Waals surface area contributed by atoms with E-state index in [1.54, 1.807) is 19.0 Å². The van der Waals surface area contributed by atoms with Gasteiger partial charge in [0.1, 0.15) is 23.1 Å². The number of halogens is 1. The lowest BCUT2D eigenvalue weighted by molar-refractivity contribution is -0.143. The van der Waals surface area contributed by atoms with Crippen LogP contribution in [0.2, 0.25) is 0 Å². The van der Waals surface area contributed by atoms with Gasteiger partial charge < -0.3 is 31.5 Å². The number of phenols is 1. The van der Waals surface area contributed by atoms with Gasteiger partial charge in [-0.05, 0) is 51.8 Å². The van der Waals surface area contributed by atoms with E-state index in [2.05, 4.69) is 11.9 Å². The molecule has 0 radical (unpaired) electrons. The van der Waals surface area contributed by atoms with E-state index in [1.165, 1.54) is 12.5 Å². The van der Waals surface area contributed by atoms with E-state index < -0.39 is 58.1 Å². The van der Waals surface area contributed by atoms with Gasteiger partial charge in [0.15, 0.2) is 11.4 Å². The Hall–Kier alpha value is -3.21. The maximum absolute atomic E-state index is 15.9. The van der Waals surface area contributed by atoms with Gasteiger partial charge in [0, 0.05) is 40.8 Å². The number of aromatic hydroxyl groups is 1. The van der Waals surface area contributed by atoms with E-state index in [0.29, 0.717) is 0 Å². The van der Waals surface area contributed by atoms with E-state index in [-0.39, 0.29) is 59.0 Å². The zero-order valence-electron chi connectivity index (χ0n) is 22.3. The molecule has 0 aliphatic heterocycles. The predicted molar refractivity (Wildman–Crippen MR) is 142 cm³/mol. The van der Waals surface area contributed by atoms with Gasteiger partial charge in [0.05, 0.1) is 17.2 Å². The van der Waals surface area contributed by atoms with E-state index in [4.69, 9.17) is 5.73 Å². The minimum absolute atomic E-state index is 0.00346. The summed E-state index contributed by atoms with van der Waals surface area (Å²) >= 11 is 0. The number of nitrogens with two attached hydrogens (primary N) is 1. The van der Waals surface area contributed by atoms with Crippen molar-refractivity contribution < 1.29 is 34.4 Å². The van der Waals surface area contributed by atoms with Crippen LogP contribution in [0.15, 0.2) is 35.1 Å². The Balaban J connectivity index is 1.57. The Morgan fingerprint density at radius 3 is 2.51 bits per heavy atom. The van der Waals surface area contributed by atoms with Crippen molar-refractivity contribution in [2.75, 3.05) is 14.1 Å². The maximum Gasteiger partial charge on any atom is 0.252 e. The predicted octanol–water partition coefficient (Wildman–Crippen LogP) is 2.51. The highest BCUT2D eigenvalue weighted by Crippen LogP contribution is 2.54. The number of aliphatic hydroxyl groups excluding tert-OH is 2. The van der Waals surface area contributed by atoms with E-state index >= 15 is 4.39 Å². The number of rotatable bonds is 5. The molecule has 1 aromatic rings. The van der Waals surface area contributed by atoms with Crippen LogP contribution in [0.1, 0.15) is 55.2 Å². The molecule has 0 spiro atoms. The van der Waals surface area contributed by atoms with Crippen LogP contribution in [0.25, 0.3) is 5.76 Å². The number of aliphatic hydroxyl groups is 3. The van der Waals surface area contributed by atoms with Gasteiger partial charge in [-0.15, -0.1) is 0 Å². The van der Waals surface area contributed by atoms with Crippen molar-refractivity contribution in [3.8, 4) is 5.75 Å². The summed E-state index contributed by atoms with van der Waals surface area (Å²) in [4.78, 5) is 27.7. The quantitative estimate of drug-likeness (QED) is 0.332. The van der Waals surface area contributed by atoms with Crippen LogP contribution in [0.5, 0.6) is 5.75 Å². The highest BCUT2D eigenvalue weighted by molar-refractivity contribution is 6.13. The Kier molecular flexibility index (Phi) is 6.85. The average molecular weight is 542 g/mol. The van der Waals surface area contributed by atoms with Gasteiger partial charge in [0.2, 0.25) is 0 Å². The second kappa shape index (κ2) is 9.76. The molecule has 7 N–H and O–H groups in total. The van der Waals surface area contributed by atoms with Crippen LogP contribution >= 0.6 is 0 Å². The fourth-order valence-corrected chi connectivity index (χ4v) is 7.21. The molecule has 0 unspecified atom stereocenters. The summed E-state index contributed by atoms with van der Waals surface area (Å²) in [7, 11) is 3.25. The van der Waals surface area contributed by atoms with Gasteiger partial charge in [-0.2, -0.15) is 0 Å². The molecule has 10 heteroatoms. The summed E-state index contributed by atoms with van der Waals surface area (Å²) < 4.78 is 15.9. The lowest BCUT2D eigenvalue weighted by Crippen LogP contribution is -2.63. The molecule has 4 atom stereocenters. The van der Waals surface area contributed by atoms with Crippen molar-refractivity contribution in [1.29, 1.82) is 0 Å². The Labute approximate surface area is 226 Å². The Morgan fingerprint density at radius 1 is 1.23 bits per heavy atom. The number of nitrogens with one attached hydrogen (secondary N) is 1.